The van der Waals surface area contributed by atoms with Gasteiger partial charge in [-0.25, -0.2) is 13.8 Å². The molecule has 0 unspecified atom stereocenters. The van der Waals surface area contributed by atoms with Crippen molar-refractivity contribution >= 4 is 56.9 Å². The molecule has 0 aliphatic heterocycles. The summed E-state index contributed by atoms with van der Waals surface area (Å²) in [6.45, 7) is 4.73. The van der Waals surface area contributed by atoms with Gasteiger partial charge in [0.15, 0.2) is 0 Å². The number of aryl methyl sites for hydroxylation is 1. The van der Waals surface area contributed by atoms with E-state index >= 15 is 0 Å². The molecule has 3 aromatic rings. The second-order valence-electron chi connectivity index (χ2n) is 8.05. The Labute approximate surface area is 219 Å². The maximum absolute atomic E-state index is 12.8. The second-order valence-corrected chi connectivity index (χ2v) is 11.0. The molecule has 2 amide bonds. The van der Waals surface area contributed by atoms with Gasteiger partial charge in [-0.05, 0) is 62.4 Å². The first kappa shape index (κ1) is 27.4. The molecule has 2 aromatic carbocycles. The molecular weight excluding hydrogens is 525 g/mol. The molecule has 0 saturated carbocycles. The molecule has 0 spiro atoms. The number of amides is 2. The maximum Gasteiger partial charge on any atom is 0.255 e. The molecule has 0 saturated heterocycles. The fraction of sp³-hybridized carbons (Fsp3) is 0.208. The number of hydrogen-bond donors (Lipinski definition) is 2. The van der Waals surface area contributed by atoms with Gasteiger partial charge < -0.3 is 9.88 Å². The first-order valence-corrected chi connectivity index (χ1v) is 12.9. The van der Waals surface area contributed by atoms with Gasteiger partial charge in [-0.1, -0.05) is 23.2 Å². The molecule has 0 fully saturated rings. The fourth-order valence-electron chi connectivity index (χ4n) is 3.57. The molecule has 0 aliphatic rings. The quantitative estimate of drug-likeness (QED) is 0.324. The molecule has 0 radical (unpaired) electrons. The summed E-state index contributed by atoms with van der Waals surface area (Å²) >= 11 is 12.3. The van der Waals surface area contributed by atoms with Crippen molar-refractivity contribution < 1.29 is 18.0 Å². The van der Waals surface area contributed by atoms with Gasteiger partial charge in [-0.15, -0.1) is 0 Å². The third-order valence-corrected chi connectivity index (χ3v) is 7.47. The van der Waals surface area contributed by atoms with Crippen molar-refractivity contribution in [1.29, 1.82) is 0 Å². The predicted molar refractivity (Wildman–Crippen MR) is 142 cm³/mol. The second kappa shape index (κ2) is 11.3. The van der Waals surface area contributed by atoms with Crippen LogP contribution in [-0.2, 0) is 19.6 Å². The Bertz CT molecular complexity index is 1410. The zero-order valence-corrected chi connectivity index (χ0v) is 22.4. The maximum atomic E-state index is 12.8. The number of anilines is 1. The monoisotopic (exact) mass is 549 g/mol. The van der Waals surface area contributed by atoms with E-state index in [0.29, 0.717) is 15.7 Å². The van der Waals surface area contributed by atoms with Crippen LogP contribution in [0.15, 0.2) is 58.5 Å². The van der Waals surface area contributed by atoms with Gasteiger partial charge in [0.25, 0.3) is 5.91 Å². The molecule has 0 bridgehead atoms. The normalized spacial score (nSPS) is 11.8. The molecule has 1 aromatic heterocycles. The molecule has 0 aliphatic carbocycles. The lowest BCUT2D eigenvalue weighted by molar-refractivity contribution is -0.121. The largest absolute Gasteiger partial charge is 0.326 e. The van der Waals surface area contributed by atoms with E-state index in [2.05, 4.69) is 15.8 Å². The molecule has 190 valence electrons. The minimum absolute atomic E-state index is 0.0102. The van der Waals surface area contributed by atoms with Crippen molar-refractivity contribution in [3.05, 3.63) is 75.5 Å². The van der Waals surface area contributed by atoms with Crippen molar-refractivity contribution in [3.8, 4) is 5.69 Å². The van der Waals surface area contributed by atoms with E-state index in [0.717, 1.165) is 26.9 Å². The van der Waals surface area contributed by atoms with Crippen molar-refractivity contribution in [1.82, 2.24) is 14.3 Å². The average Bonchev–Trinajstić information content (AvgIpc) is 3.06. The highest BCUT2D eigenvalue weighted by atomic mass is 35.5. The highest BCUT2D eigenvalue weighted by Crippen LogP contribution is 2.26. The van der Waals surface area contributed by atoms with E-state index < -0.39 is 22.5 Å². The lowest BCUT2D eigenvalue weighted by Crippen LogP contribution is -2.36. The Balaban J connectivity index is 1.66. The lowest BCUT2D eigenvalue weighted by Gasteiger charge is -2.16. The molecule has 36 heavy (non-hydrogen) atoms. The molecule has 2 N–H and O–H groups in total. The number of carbonyl (C=O) groups is 2. The smallest absolute Gasteiger partial charge is 0.255 e. The average molecular weight is 550 g/mol. The summed E-state index contributed by atoms with van der Waals surface area (Å²) in [4.78, 5) is 23.5. The summed E-state index contributed by atoms with van der Waals surface area (Å²) < 4.78 is 28.4. The van der Waals surface area contributed by atoms with E-state index in [1.54, 1.807) is 18.2 Å². The van der Waals surface area contributed by atoms with Gasteiger partial charge in [0.1, 0.15) is 0 Å². The van der Waals surface area contributed by atoms with Crippen molar-refractivity contribution in [2.75, 3.05) is 18.9 Å². The van der Waals surface area contributed by atoms with Gasteiger partial charge in [-0.3, -0.25) is 9.59 Å². The SMILES string of the molecule is CC(=O)Nc1ccc(S(=O)(=O)N(C)CC(=O)N/N=C/c2cc(C)n(-c3cc(Cl)cc(Cl)c3)c2C)cc1. The number of aromatic nitrogens is 1. The summed E-state index contributed by atoms with van der Waals surface area (Å²) in [7, 11) is -2.62. The molecule has 0 atom stereocenters. The highest BCUT2D eigenvalue weighted by Gasteiger charge is 2.23. The highest BCUT2D eigenvalue weighted by molar-refractivity contribution is 7.89. The fourth-order valence-corrected chi connectivity index (χ4v) is 5.22. The van der Waals surface area contributed by atoms with Crippen LogP contribution in [0.1, 0.15) is 23.9 Å². The van der Waals surface area contributed by atoms with Gasteiger partial charge in [-0.2, -0.15) is 9.41 Å². The van der Waals surface area contributed by atoms with E-state index in [1.165, 1.54) is 44.5 Å². The van der Waals surface area contributed by atoms with Gasteiger partial charge in [0, 0.05) is 52.3 Å². The minimum Gasteiger partial charge on any atom is -0.326 e. The Morgan fingerprint density at radius 1 is 1.06 bits per heavy atom. The standard InChI is InChI=1S/C24H25Cl2N5O4S/c1-15-9-18(16(2)31(15)22-11-19(25)10-20(26)12-22)13-27-29-24(33)14-30(4)36(34,35)23-7-5-21(6-8-23)28-17(3)32/h5-13H,14H2,1-4H3,(H,28,32)(H,29,33)/b27-13+. The van der Waals surface area contributed by atoms with Gasteiger partial charge >= 0.3 is 0 Å². The number of hydrogen-bond acceptors (Lipinski definition) is 5. The number of benzene rings is 2. The predicted octanol–water partition coefficient (Wildman–Crippen LogP) is 4.13. The summed E-state index contributed by atoms with van der Waals surface area (Å²) in [6, 6.07) is 12.8. The Morgan fingerprint density at radius 3 is 2.25 bits per heavy atom. The molecular formula is C24H25Cl2N5O4S. The van der Waals surface area contributed by atoms with Crippen LogP contribution in [0.4, 0.5) is 5.69 Å². The van der Waals surface area contributed by atoms with Crippen LogP contribution in [0.5, 0.6) is 0 Å². The number of rotatable bonds is 8. The van der Waals surface area contributed by atoms with Crippen molar-refractivity contribution in [2.45, 2.75) is 25.7 Å². The van der Waals surface area contributed by atoms with Crippen LogP contribution in [0.3, 0.4) is 0 Å². The van der Waals surface area contributed by atoms with Crippen LogP contribution < -0.4 is 10.7 Å². The van der Waals surface area contributed by atoms with E-state index in [9.17, 15) is 18.0 Å². The summed E-state index contributed by atoms with van der Waals surface area (Å²) in [5.74, 6) is -0.877. The van der Waals surface area contributed by atoms with Crippen LogP contribution in [-0.4, -0.2) is 48.9 Å². The minimum atomic E-state index is -3.92. The van der Waals surface area contributed by atoms with Crippen LogP contribution in [0, 0.1) is 13.8 Å². The third-order valence-electron chi connectivity index (χ3n) is 5.22. The zero-order valence-electron chi connectivity index (χ0n) is 20.0. The van der Waals surface area contributed by atoms with Crippen LogP contribution in [0.2, 0.25) is 10.0 Å². The van der Waals surface area contributed by atoms with Crippen LogP contribution in [0.25, 0.3) is 5.69 Å². The molecule has 9 nitrogen and oxygen atoms in total. The van der Waals surface area contributed by atoms with Crippen molar-refractivity contribution in [3.63, 3.8) is 0 Å². The first-order chi connectivity index (χ1) is 16.9. The van der Waals surface area contributed by atoms with E-state index in [1.807, 2.05) is 24.5 Å². The third kappa shape index (κ3) is 6.52. The number of hydrazone groups is 1. The first-order valence-electron chi connectivity index (χ1n) is 10.7. The van der Waals surface area contributed by atoms with Gasteiger partial charge in [0.05, 0.1) is 17.7 Å². The number of likely N-dealkylation sites (N-methyl/N-ethyl adjacent to an activating group) is 1. The number of nitrogens with zero attached hydrogens (tertiary/aromatic N) is 3. The van der Waals surface area contributed by atoms with E-state index in [-0.39, 0.29) is 10.8 Å². The Kier molecular flexibility index (Phi) is 8.57. The Hall–Kier alpha value is -3.18. The topological polar surface area (TPSA) is 113 Å². The summed E-state index contributed by atoms with van der Waals surface area (Å²) in [5.41, 5.74) is 6.13. The van der Waals surface area contributed by atoms with Crippen LogP contribution >= 0.6 is 23.2 Å². The Morgan fingerprint density at radius 2 is 1.67 bits per heavy atom. The summed E-state index contributed by atoms with van der Waals surface area (Å²) in [5, 5.41) is 7.56. The van der Waals surface area contributed by atoms with E-state index in [4.69, 9.17) is 23.2 Å². The van der Waals surface area contributed by atoms with Crippen molar-refractivity contribution in [2.24, 2.45) is 5.10 Å². The lowest BCUT2D eigenvalue weighted by atomic mass is 10.2. The molecule has 12 heteroatoms. The number of halogens is 2. The summed E-state index contributed by atoms with van der Waals surface area (Å²) in [6.07, 6.45) is 1.48. The number of carbonyl (C=O) groups excluding carboxylic acids is 2. The molecule has 3 rings (SSSR count). The van der Waals surface area contributed by atoms with Gasteiger partial charge in [0.2, 0.25) is 15.9 Å². The number of sulfonamides is 1. The zero-order chi connectivity index (χ0) is 26.6. The molecule has 1 heterocycles. The number of nitrogens with one attached hydrogen (secondary N) is 2.